The standard InChI is InChI=1S/C21H27N5OS/c1-25-14-18-7-6-16(10-20(18)24-25)11-22-21(27)23-12-17-4-2-8-26(13-17)15-19-5-3-9-28-19/h3,5-7,9-10,14,17H,2,4,8,11-13,15H2,1H3,(H2,22,23,27). The zero-order valence-electron chi connectivity index (χ0n) is 16.2. The van der Waals surface area contributed by atoms with Gasteiger partial charge in [-0.3, -0.25) is 9.58 Å². The number of carbonyl (C=O) groups is 1. The summed E-state index contributed by atoms with van der Waals surface area (Å²) in [5.74, 6) is 0.518. The molecule has 4 rings (SSSR count). The van der Waals surface area contributed by atoms with Crippen molar-refractivity contribution in [1.82, 2.24) is 25.3 Å². The van der Waals surface area contributed by atoms with Gasteiger partial charge < -0.3 is 10.6 Å². The average Bonchev–Trinajstić information content (AvgIpc) is 3.33. The first-order valence-corrected chi connectivity index (χ1v) is 10.7. The van der Waals surface area contributed by atoms with E-state index >= 15 is 0 Å². The number of hydrogen-bond donors (Lipinski definition) is 2. The average molecular weight is 398 g/mol. The minimum atomic E-state index is -0.100. The third-order valence-corrected chi connectivity index (χ3v) is 6.11. The zero-order chi connectivity index (χ0) is 19.3. The lowest BCUT2D eigenvalue weighted by atomic mass is 9.98. The first kappa shape index (κ1) is 19.0. The number of fused-ring (bicyclic) bond motifs is 1. The van der Waals surface area contributed by atoms with Crippen LogP contribution in [0.5, 0.6) is 0 Å². The topological polar surface area (TPSA) is 62.2 Å². The number of thiophene rings is 1. The number of hydrogen-bond acceptors (Lipinski definition) is 4. The van der Waals surface area contributed by atoms with E-state index in [9.17, 15) is 4.79 Å². The zero-order valence-corrected chi connectivity index (χ0v) is 17.0. The van der Waals surface area contributed by atoms with Gasteiger partial charge in [0.1, 0.15) is 0 Å². The molecule has 0 spiro atoms. The summed E-state index contributed by atoms with van der Waals surface area (Å²) >= 11 is 1.82. The van der Waals surface area contributed by atoms with Crippen LogP contribution in [-0.4, -0.2) is 40.3 Å². The third-order valence-electron chi connectivity index (χ3n) is 5.25. The van der Waals surface area contributed by atoms with Crippen molar-refractivity contribution in [3.8, 4) is 0 Å². The van der Waals surface area contributed by atoms with Gasteiger partial charge in [0.25, 0.3) is 0 Å². The Kier molecular flexibility index (Phi) is 5.92. The molecular formula is C21H27N5OS. The number of benzene rings is 1. The summed E-state index contributed by atoms with van der Waals surface area (Å²) in [7, 11) is 1.91. The van der Waals surface area contributed by atoms with Crippen molar-refractivity contribution in [2.75, 3.05) is 19.6 Å². The fraction of sp³-hybridized carbons (Fsp3) is 0.429. The minimum absolute atomic E-state index is 0.100. The van der Waals surface area contributed by atoms with Crippen LogP contribution in [0, 0.1) is 5.92 Å². The molecule has 148 valence electrons. The Balaban J connectivity index is 1.21. The molecule has 1 atom stereocenters. The van der Waals surface area contributed by atoms with E-state index in [0.717, 1.165) is 42.6 Å². The molecule has 2 N–H and O–H groups in total. The van der Waals surface area contributed by atoms with Gasteiger partial charge in [-0.05, 0) is 48.4 Å². The Labute approximate surface area is 169 Å². The normalized spacial score (nSPS) is 17.7. The predicted octanol–water partition coefficient (Wildman–Crippen LogP) is 3.35. The van der Waals surface area contributed by atoms with E-state index in [4.69, 9.17) is 0 Å². The van der Waals surface area contributed by atoms with E-state index in [1.807, 2.05) is 42.8 Å². The summed E-state index contributed by atoms with van der Waals surface area (Å²) in [6.07, 6.45) is 4.37. The van der Waals surface area contributed by atoms with Crippen molar-refractivity contribution in [3.05, 3.63) is 52.3 Å². The summed E-state index contributed by atoms with van der Waals surface area (Å²) in [5.41, 5.74) is 2.01. The Hall–Kier alpha value is -2.38. The molecule has 0 radical (unpaired) electrons. The van der Waals surface area contributed by atoms with E-state index in [2.05, 4.69) is 38.1 Å². The highest BCUT2D eigenvalue weighted by Crippen LogP contribution is 2.20. The molecule has 1 unspecified atom stereocenters. The van der Waals surface area contributed by atoms with Crippen LogP contribution in [0.3, 0.4) is 0 Å². The number of carbonyl (C=O) groups excluding carboxylic acids is 1. The first-order valence-electron chi connectivity index (χ1n) is 9.84. The van der Waals surface area contributed by atoms with Gasteiger partial charge in [-0.1, -0.05) is 18.2 Å². The molecule has 0 saturated carbocycles. The molecule has 1 aliphatic rings. The number of likely N-dealkylation sites (tertiary alicyclic amines) is 1. The van der Waals surface area contributed by atoms with Crippen LogP contribution in [0.4, 0.5) is 4.79 Å². The van der Waals surface area contributed by atoms with Crippen LogP contribution in [0.2, 0.25) is 0 Å². The second kappa shape index (κ2) is 8.75. The molecule has 28 heavy (non-hydrogen) atoms. The van der Waals surface area contributed by atoms with Gasteiger partial charge in [0, 0.05) is 49.7 Å². The number of urea groups is 1. The van der Waals surface area contributed by atoms with Crippen molar-refractivity contribution in [2.24, 2.45) is 13.0 Å². The van der Waals surface area contributed by atoms with Crippen LogP contribution in [0.15, 0.2) is 41.9 Å². The molecule has 1 saturated heterocycles. The molecule has 1 aromatic carbocycles. The van der Waals surface area contributed by atoms with E-state index in [1.165, 1.54) is 17.7 Å². The van der Waals surface area contributed by atoms with E-state index in [-0.39, 0.29) is 6.03 Å². The molecule has 0 aliphatic carbocycles. The van der Waals surface area contributed by atoms with Crippen molar-refractivity contribution in [1.29, 1.82) is 0 Å². The maximum absolute atomic E-state index is 12.2. The lowest BCUT2D eigenvalue weighted by Gasteiger charge is -2.32. The van der Waals surface area contributed by atoms with Crippen LogP contribution >= 0.6 is 11.3 Å². The van der Waals surface area contributed by atoms with Crippen molar-refractivity contribution in [3.63, 3.8) is 0 Å². The van der Waals surface area contributed by atoms with Gasteiger partial charge in [-0.15, -0.1) is 11.3 Å². The van der Waals surface area contributed by atoms with Gasteiger partial charge in [0.15, 0.2) is 0 Å². The van der Waals surface area contributed by atoms with Crippen molar-refractivity contribution < 1.29 is 4.79 Å². The maximum atomic E-state index is 12.2. The lowest BCUT2D eigenvalue weighted by Crippen LogP contribution is -2.43. The van der Waals surface area contributed by atoms with Crippen LogP contribution < -0.4 is 10.6 Å². The van der Waals surface area contributed by atoms with Gasteiger partial charge in [-0.2, -0.15) is 5.10 Å². The summed E-state index contributed by atoms with van der Waals surface area (Å²) in [4.78, 5) is 16.1. The van der Waals surface area contributed by atoms with Crippen LogP contribution in [0.25, 0.3) is 10.9 Å². The Morgan fingerprint density at radius 3 is 3.11 bits per heavy atom. The van der Waals surface area contributed by atoms with E-state index in [0.29, 0.717) is 12.5 Å². The monoisotopic (exact) mass is 397 g/mol. The van der Waals surface area contributed by atoms with Gasteiger partial charge >= 0.3 is 6.03 Å². The second-order valence-corrected chi connectivity index (χ2v) is 8.61. The first-order chi connectivity index (χ1) is 13.7. The highest BCUT2D eigenvalue weighted by molar-refractivity contribution is 7.09. The Bertz CT molecular complexity index is 920. The fourth-order valence-corrected chi connectivity index (χ4v) is 4.61. The molecular weight excluding hydrogens is 370 g/mol. The molecule has 3 heterocycles. The quantitative estimate of drug-likeness (QED) is 0.671. The van der Waals surface area contributed by atoms with Crippen LogP contribution in [0.1, 0.15) is 23.3 Å². The third kappa shape index (κ3) is 4.91. The maximum Gasteiger partial charge on any atom is 0.315 e. The number of nitrogens with one attached hydrogen (secondary N) is 2. The summed E-state index contributed by atoms with van der Waals surface area (Å²) < 4.78 is 1.81. The molecule has 3 aromatic rings. The lowest BCUT2D eigenvalue weighted by molar-refractivity contribution is 0.166. The molecule has 1 aliphatic heterocycles. The Morgan fingerprint density at radius 1 is 1.32 bits per heavy atom. The van der Waals surface area contributed by atoms with E-state index < -0.39 is 0 Å². The predicted molar refractivity (Wildman–Crippen MR) is 113 cm³/mol. The smallest absolute Gasteiger partial charge is 0.315 e. The van der Waals surface area contributed by atoms with Crippen LogP contribution in [-0.2, 0) is 20.1 Å². The number of amides is 2. The summed E-state index contributed by atoms with van der Waals surface area (Å²) in [6, 6.07) is 10.3. The SMILES string of the molecule is Cn1cc2ccc(CNC(=O)NCC3CCCN(Cc4cccs4)C3)cc2n1. The molecule has 6 nitrogen and oxygen atoms in total. The van der Waals surface area contributed by atoms with E-state index in [1.54, 1.807) is 4.68 Å². The number of aromatic nitrogens is 2. The molecule has 7 heteroatoms. The number of nitrogens with zero attached hydrogens (tertiary/aromatic N) is 3. The Morgan fingerprint density at radius 2 is 2.25 bits per heavy atom. The fourth-order valence-electron chi connectivity index (χ4n) is 3.86. The minimum Gasteiger partial charge on any atom is -0.338 e. The number of piperidine rings is 1. The molecule has 2 aromatic heterocycles. The summed E-state index contributed by atoms with van der Waals surface area (Å²) in [6.45, 7) is 4.46. The highest BCUT2D eigenvalue weighted by Gasteiger charge is 2.20. The summed E-state index contributed by atoms with van der Waals surface area (Å²) in [5, 5.41) is 13.7. The highest BCUT2D eigenvalue weighted by atomic mass is 32.1. The molecule has 1 fully saturated rings. The van der Waals surface area contributed by atoms with Gasteiger partial charge in [0.2, 0.25) is 0 Å². The number of rotatable bonds is 6. The molecule has 2 amide bonds. The van der Waals surface area contributed by atoms with Gasteiger partial charge in [-0.25, -0.2) is 4.79 Å². The second-order valence-electron chi connectivity index (χ2n) is 7.58. The van der Waals surface area contributed by atoms with Crippen molar-refractivity contribution >= 4 is 28.3 Å². The van der Waals surface area contributed by atoms with Crippen molar-refractivity contribution in [2.45, 2.75) is 25.9 Å². The largest absolute Gasteiger partial charge is 0.338 e. The number of aryl methyl sites for hydroxylation is 1. The van der Waals surface area contributed by atoms with Gasteiger partial charge in [0.05, 0.1) is 5.52 Å². The molecule has 0 bridgehead atoms.